The molecule has 2 nitrogen and oxygen atoms in total. The number of methoxy groups -OCH3 is 1. The van der Waals surface area contributed by atoms with Crippen LogP contribution < -0.4 is 0 Å². The molecule has 0 N–H and O–H groups in total. The van der Waals surface area contributed by atoms with Crippen LogP contribution in [0, 0.1) is 11.8 Å². The van der Waals surface area contributed by atoms with Gasteiger partial charge in [-0.3, -0.25) is 0 Å². The smallest absolute Gasteiger partial charge is 0.204 e. The summed E-state index contributed by atoms with van der Waals surface area (Å²) in [5.41, 5.74) is 0. The van der Waals surface area contributed by atoms with E-state index in [0.717, 1.165) is 18.8 Å². The van der Waals surface area contributed by atoms with Crippen LogP contribution in [0.5, 0.6) is 0 Å². The van der Waals surface area contributed by atoms with E-state index in [0.29, 0.717) is 12.5 Å². The van der Waals surface area contributed by atoms with Crippen molar-refractivity contribution in [2.45, 2.75) is 39.0 Å². The molecule has 20 heavy (non-hydrogen) atoms. The van der Waals surface area contributed by atoms with E-state index >= 15 is 0 Å². The van der Waals surface area contributed by atoms with Crippen LogP contribution in [-0.4, -0.2) is 13.7 Å². The van der Waals surface area contributed by atoms with E-state index in [-0.39, 0.29) is 17.9 Å². The summed E-state index contributed by atoms with van der Waals surface area (Å²) in [5.74, 6) is -0.719. The molecule has 0 heterocycles. The van der Waals surface area contributed by atoms with Gasteiger partial charge in [0.05, 0.1) is 13.7 Å². The lowest BCUT2D eigenvalue weighted by molar-refractivity contribution is 0.132. The van der Waals surface area contributed by atoms with Crippen LogP contribution in [0.4, 0.5) is 8.78 Å². The van der Waals surface area contributed by atoms with Crippen molar-refractivity contribution < 1.29 is 18.3 Å². The molecule has 0 bridgehead atoms. The number of halogens is 2. The van der Waals surface area contributed by atoms with Crippen molar-refractivity contribution >= 4 is 0 Å². The van der Waals surface area contributed by atoms with Crippen LogP contribution in [0.25, 0.3) is 0 Å². The Labute approximate surface area is 119 Å². The fourth-order valence-electron chi connectivity index (χ4n) is 2.65. The lowest BCUT2D eigenvalue weighted by atomic mass is 9.83. The molecule has 2 rings (SSSR count). The third kappa shape index (κ3) is 3.62. The summed E-state index contributed by atoms with van der Waals surface area (Å²) < 4.78 is 38.0. The van der Waals surface area contributed by atoms with Crippen LogP contribution in [0.15, 0.2) is 35.3 Å². The van der Waals surface area contributed by atoms with Crippen molar-refractivity contribution in [2.75, 3.05) is 13.7 Å². The zero-order valence-electron chi connectivity index (χ0n) is 12.1. The van der Waals surface area contributed by atoms with Gasteiger partial charge in [0, 0.05) is 6.42 Å². The molecule has 4 heteroatoms. The molecule has 112 valence electrons. The molecule has 0 aromatic rings. The number of hydrogen-bond donors (Lipinski definition) is 0. The second kappa shape index (κ2) is 6.91. The lowest BCUT2D eigenvalue weighted by Gasteiger charge is -2.26. The predicted molar refractivity (Wildman–Crippen MR) is 74.1 cm³/mol. The number of allylic oxidation sites excluding steroid dienone is 4. The number of rotatable bonds is 4. The Kier molecular flexibility index (Phi) is 5.21. The van der Waals surface area contributed by atoms with Crippen LogP contribution in [0.3, 0.4) is 0 Å². The molecule has 0 amide bonds. The summed E-state index contributed by atoms with van der Waals surface area (Å²) in [4.78, 5) is 0. The molecular formula is C16H22F2O2. The Balaban J connectivity index is 1.98. The normalized spacial score (nSPS) is 27.6. The minimum Gasteiger partial charge on any atom is -0.498 e. The molecule has 1 saturated carbocycles. The molecule has 0 aromatic carbocycles. The second-order valence-electron chi connectivity index (χ2n) is 5.66. The number of ether oxygens (including phenoxy) is 2. The Bertz CT molecular complexity index is 430. The zero-order valence-corrected chi connectivity index (χ0v) is 12.1. The topological polar surface area (TPSA) is 18.5 Å². The lowest BCUT2D eigenvalue weighted by Crippen LogP contribution is -2.17. The minimum absolute atomic E-state index is 0.00356. The van der Waals surface area contributed by atoms with Crippen molar-refractivity contribution in [3.8, 4) is 0 Å². The average molecular weight is 284 g/mol. The highest BCUT2D eigenvalue weighted by Gasteiger charge is 2.22. The summed E-state index contributed by atoms with van der Waals surface area (Å²) >= 11 is 0. The maximum Gasteiger partial charge on any atom is 0.204 e. The van der Waals surface area contributed by atoms with Gasteiger partial charge in [0.1, 0.15) is 5.76 Å². The molecule has 0 aromatic heterocycles. The van der Waals surface area contributed by atoms with Crippen molar-refractivity contribution in [2.24, 2.45) is 11.8 Å². The molecule has 2 aliphatic carbocycles. The van der Waals surface area contributed by atoms with E-state index < -0.39 is 11.7 Å². The second-order valence-corrected chi connectivity index (χ2v) is 5.66. The van der Waals surface area contributed by atoms with E-state index in [1.54, 1.807) is 6.08 Å². The van der Waals surface area contributed by atoms with Crippen molar-refractivity contribution in [3.63, 3.8) is 0 Å². The van der Waals surface area contributed by atoms with Crippen molar-refractivity contribution in [1.29, 1.82) is 0 Å². The van der Waals surface area contributed by atoms with Crippen LogP contribution >= 0.6 is 0 Å². The molecule has 0 atom stereocenters. The summed E-state index contributed by atoms with van der Waals surface area (Å²) in [5, 5.41) is 0. The van der Waals surface area contributed by atoms with E-state index in [2.05, 4.69) is 6.92 Å². The molecule has 2 aliphatic rings. The van der Waals surface area contributed by atoms with E-state index in [1.807, 2.05) is 0 Å². The van der Waals surface area contributed by atoms with Gasteiger partial charge < -0.3 is 9.47 Å². The quantitative estimate of drug-likeness (QED) is 0.738. The third-order valence-electron chi connectivity index (χ3n) is 4.08. The fourth-order valence-corrected chi connectivity index (χ4v) is 2.65. The summed E-state index contributed by atoms with van der Waals surface area (Å²) in [6.07, 6.45) is 7.96. The Hall–Kier alpha value is -1.32. The van der Waals surface area contributed by atoms with E-state index in [9.17, 15) is 8.78 Å². The van der Waals surface area contributed by atoms with Crippen molar-refractivity contribution in [3.05, 3.63) is 35.3 Å². The maximum atomic E-state index is 13.9. The zero-order chi connectivity index (χ0) is 14.5. The first-order chi connectivity index (χ1) is 9.61. The van der Waals surface area contributed by atoms with Gasteiger partial charge in [-0.25, -0.2) is 0 Å². The predicted octanol–water partition coefficient (Wildman–Crippen LogP) is 4.80. The average Bonchev–Trinajstić information content (AvgIpc) is 2.59. The summed E-state index contributed by atoms with van der Waals surface area (Å²) in [6.45, 7) is 2.70. The van der Waals surface area contributed by atoms with Crippen LogP contribution in [-0.2, 0) is 9.47 Å². The molecule has 0 unspecified atom stereocenters. The first-order valence-electron chi connectivity index (χ1n) is 7.24. The maximum absolute atomic E-state index is 13.9. The summed E-state index contributed by atoms with van der Waals surface area (Å²) in [7, 11) is 1.34. The molecule has 0 aliphatic heterocycles. The van der Waals surface area contributed by atoms with Gasteiger partial charge in [-0.15, -0.1) is 0 Å². The molecule has 0 saturated heterocycles. The Morgan fingerprint density at radius 2 is 1.85 bits per heavy atom. The van der Waals surface area contributed by atoms with Crippen LogP contribution in [0.1, 0.15) is 39.0 Å². The van der Waals surface area contributed by atoms with Gasteiger partial charge in [-0.05, 0) is 30.8 Å². The van der Waals surface area contributed by atoms with Crippen molar-refractivity contribution in [1.82, 2.24) is 0 Å². The fraction of sp³-hybridized carbons (Fsp3) is 0.625. The molecule has 0 radical (unpaired) electrons. The third-order valence-corrected chi connectivity index (χ3v) is 4.08. The molecule has 0 spiro atoms. The van der Waals surface area contributed by atoms with Gasteiger partial charge in [0.15, 0.2) is 5.76 Å². The standard InChI is InChI=1S/C16H22F2O2/c1-11-6-8-12(9-7-11)10-20-14-5-3-4-13(19-2)15(17)16(14)18/h3,5,11-12H,4,6-10H2,1-2H3. The largest absolute Gasteiger partial charge is 0.498 e. The minimum atomic E-state index is -0.959. The molecule has 1 fully saturated rings. The van der Waals surface area contributed by atoms with Gasteiger partial charge in [-0.1, -0.05) is 25.8 Å². The highest BCUT2D eigenvalue weighted by atomic mass is 19.2. The Morgan fingerprint density at radius 3 is 2.50 bits per heavy atom. The van der Waals surface area contributed by atoms with Gasteiger partial charge in [0.2, 0.25) is 11.7 Å². The highest BCUT2D eigenvalue weighted by molar-refractivity contribution is 5.34. The van der Waals surface area contributed by atoms with Gasteiger partial charge >= 0.3 is 0 Å². The molecular weight excluding hydrogens is 262 g/mol. The number of hydrogen-bond acceptors (Lipinski definition) is 2. The Morgan fingerprint density at radius 1 is 1.15 bits per heavy atom. The van der Waals surface area contributed by atoms with Gasteiger partial charge in [-0.2, -0.15) is 8.78 Å². The first kappa shape index (κ1) is 15.1. The van der Waals surface area contributed by atoms with E-state index in [1.165, 1.54) is 26.0 Å². The first-order valence-corrected chi connectivity index (χ1v) is 7.24. The summed E-state index contributed by atoms with van der Waals surface area (Å²) in [6, 6.07) is 0. The van der Waals surface area contributed by atoms with Crippen LogP contribution in [0.2, 0.25) is 0 Å². The SMILES string of the molecule is COC1=C(F)C(F)=C(OCC2CCC(C)CC2)C=CC1. The monoisotopic (exact) mass is 284 g/mol. The van der Waals surface area contributed by atoms with E-state index in [4.69, 9.17) is 9.47 Å². The highest BCUT2D eigenvalue weighted by Crippen LogP contribution is 2.31. The van der Waals surface area contributed by atoms with Gasteiger partial charge in [0.25, 0.3) is 0 Å².